The van der Waals surface area contributed by atoms with E-state index in [4.69, 9.17) is 15.2 Å². The predicted octanol–water partition coefficient (Wildman–Crippen LogP) is 2.57. The molecule has 1 aromatic rings. The lowest BCUT2D eigenvalue weighted by Crippen LogP contribution is -2.50. The van der Waals surface area contributed by atoms with Gasteiger partial charge in [0.05, 0.1) is 13.2 Å². The van der Waals surface area contributed by atoms with Crippen molar-refractivity contribution in [3.05, 3.63) is 22.3 Å². The molecule has 0 aliphatic carbocycles. The van der Waals surface area contributed by atoms with Crippen molar-refractivity contribution in [3.8, 4) is 5.75 Å². The molecule has 3 rings (SSSR count). The second kappa shape index (κ2) is 11.3. The Balaban J connectivity index is 1.50. The summed E-state index contributed by atoms with van der Waals surface area (Å²) in [6, 6.07) is 0.219. The molecule has 0 aromatic heterocycles. The summed E-state index contributed by atoms with van der Waals surface area (Å²) >= 11 is 0. The lowest BCUT2D eigenvalue weighted by atomic mass is 9.97. The summed E-state index contributed by atoms with van der Waals surface area (Å²) in [6.45, 7) is 18.1. The van der Waals surface area contributed by atoms with Crippen molar-refractivity contribution in [3.63, 3.8) is 0 Å². The average molecular weight is 447 g/mol. The number of amides is 1. The van der Waals surface area contributed by atoms with Gasteiger partial charge in [0, 0.05) is 51.0 Å². The highest BCUT2D eigenvalue weighted by atomic mass is 16.5. The fourth-order valence-corrected chi connectivity index (χ4v) is 4.65. The number of nitrogens with one attached hydrogen (secondary N) is 1. The Morgan fingerprint density at radius 1 is 1.00 bits per heavy atom. The summed E-state index contributed by atoms with van der Waals surface area (Å²) in [5, 5.41) is 3.25. The van der Waals surface area contributed by atoms with Gasteiger partial charge < -0.3 is 25.4 Å². The number of morpholine rings is 1. The minimum absolute atomic E-state index is 0.00908. The fourth-order valence-electron chi connectivity index (χ4n) is 4.65. The quantitative estimate of drug-likeness (QED) is 0.598. The van der Waals surface area contributed by atoms with Crippen LogP contribution in [0.3, 0.4) is 0 Å². The summed E-state index contributed by atoms with van der Waals surface area (Å²) in [5.74, 6) is 0.791. The van der Waals surface area contributed by atoms with Gasteiger partial charge >= 0.3 is 0 Å². The normalized spacial score (nSPS) is 19.7. The molecule has 0 spiro atoms. The van der Waals surface area contributed by atoms with Gasteiger partial charge in [0.25, 0.3) is 5.91 Å². The van der Waals surface area contributed by atoms with E-state index >= 15 is 0 Å². The Morgan fingerprint density at radius 2 is 1.53 bits per heavy atom. The van der Waals surface area contributed by atoms with Crippen LogP contribution < -0.4 is 15.8 Å². The van der Waals surface area contributed by atoms with Gasteiger partial charge in [-0.3, -0.25) is 9.69 Å². The predicted molar refractivity (Wildman–Crippen MR) is 129 cm³/mol. The molecule has 2 aliphatic rings. The number of rotatable bonds is 8. The highest BCUT2D eigenvalue weighted by Gasteiger charge is 2.27. The number of anilines is 1. The minimum Gasteiger partial charge on any atom is -0.480 e. The Kier molecular flexibility index (Phi) is 8.79. The number of nitrogen functional groups attached to an aromatic ring is 1. The Labute approximate surface area is 193 Å². The first-order valence-corrected chi connectivity index (χ1v) is 12.2. The number of likely N-dealkylation sites (tertiary alicyclic amines) is 1. The Morgan fingerprint density at radius 3 is 2.06 bits per heavy atom. The first-order chi connectivity index (χ1) is 15.3. The molecule has 2 aliphatic heterocycles. The van der Waals surface area contributed by atoms with Crippen molar-refractivity contribution in [1.29, 1.82) is 0 Å². The van der Waals surface area contributed by atoms with Gasteiger partial charge in [-0.05, 0) is 69.2 Å². The minimum atomic E-state index is -0.492. The molecule has 180 valence electrons. The van der Waals surface area contributed by atoms with Gasteiger partial charge in [0.1, 0.15) is 5.75 Å². The monoisotopic (exact) mass is 446 g/mol. The molecular weight excluding hydrogens is 404 g/mol. The lowest BCUT2D eigenvalue weighted by Gasteiger charge is -2.35. The van der Waals surface area contributed by atoms with Crippen LogP contribution in [0.5, 0.6) is 5.75 Å². The van der Waals surface area contributed by atoms with Gasteiger partial charge in [-0.15, -0.1) is 0 Å². The third-order valence-electron chi connectivity index (χ3n) is 7.31. The number of nitrogens with zero attached hydrogens (tertiary/aromatic N) is 2. The molecule has 1 aromatic carbocycles. The van der Waals surface area contributed by atoms with Crippen molar-refractivity contribution < 1.29 is 14.3 Å². The van der Waals surface area contributed by atoms with Crippen molar-refractivity contribution in [2.24, 2.45) is 0 Å². The number of hydrogen-bond acceptors (Lipinski definition) is 6. The second-order valence-electron chi connectivity index (χ2n) is 9.34. The number of ether oxygens (including phenoxy) is 2. The maximum absolute atomic E-state index is 13.0. The molecule has 2 heterocycles. The van der Waals surface area contributed by atoms with Crippen molar-refractivity contribution >= 4 is 11.6 Å². The van der Waals surface area contributed by atoms with Crippen LogP contribution in [-0.4, -0.2) is 80.3 Å². The molecule has 1 amide bonds. The molecular formula is C25H42N4O3. The lowest BCUT2D eigenvalue weighted by molar-refractivity contribution is -0.129. The number of piperidine rings is 1. The zero-order valence-corrected chi connectivity index (χ0v) is 20.6. The summed E-state index contributed by atoms with van der Waals surface area (Å²) < 4.78 is 11.7. The molecule has 0 bridgehead atoms. The SMILES string of the molecule is CCC(Oc1c(C)c(C)c(N)c(C)c1C)C(=O)NC1CCN(CCN2CCOCC2)CC1. The first kappa shape index (κ1) is 24.8. The van der Waals surface area contributed by atoms with E-state index in [1.807, 2.05) is 34.6 Å². The molecule has 3 N–H and O–H groups in total. The summed E-state index contributed by atoms with van der Waals surface area (Å²) in [6.07, 6.45) is 2.12. The molecule has 2 saturated heterocycles. The molecule has 32 heavy (non-hydrogen) atoms. The molecule has 7 heteroatoms. The van der Waals surface area contributed by atoms with Crippen LogP contribution in [0.2, 0.25) is 0 Å². The number of carbonyl (C=O) groups is 1. The van der Waals surface area contributed by atoms with Crippen LogP contribution in [-0.2, 0) is 9.53 Å². The Hall–Kier alpha value is -1.83. The number of hydrogen-bond donors (Lipinski definition) is 2. The summed E-state index contributed by atoms with van der Waals surface area (Å²) in [5.41, 5.74) is 11.1. The van der Waals surface area contributed by atoms with E-state index in [9.17, 15) is 4.79 Å². The number of benzene rings is 1. The van der Waals surface area contributed by atoms with Gasteiger partial charge in [-0.1, -0.05) is 6.92 Å². The zero-order valence-electron chi connectivity index (χ0n) is 20.6. The van der Waals surface area contributed by atoms with Crippen molar-refractivity contribution in [2.75, 3.05) is 58.2 Å². The zero-order chi connectivity index (χ0) is 23.3. The smallest absolute Gasteiger partial charge is 0.261 e. The van der Waals surface area contributed by atoms with Gasteiger partial charge in [-0.2, -0.15) is 0 Å². The third-order valence-corrected chi connectivity index (χ3v) is 7.31. The highest BCUT2D eigenvalue weighted by Crippen LogP contribution is 2.35. The van der Waals surface area contributed by atoms with Crippen molar-refractivity contribution in [2.45, 2.75) is 66.0 Å². The molecule has 0 saturated carbocycles. The maximum atomic E-state index is 13.0. The van der Waals surface area contributed by atoms with Crippen LogP contribution in [0.4, 0.5) is 5.69 Å². The van der Waals surface area contributed by atoms with Gasteiger partial charge in [0.15, 0.2) is 6.10 Å². The summed E-state index contributed by atoms with van der Waals surface area (Å²) in [7, 11) is 0. The van der Waals surface area contributed by atoms with Crippen LogP contribution >= 0.6 is 0 Å². The topological polar surface area (TPSA) is 80.1 Å². The maximum Gasteiger partial charge on any atom is 0.261 e. The third kappa shape index (κ3) is 5.94. The van der Waals surface area contributed by atoms with E-state index in [1.54, 1.807) is 0 Å². The average Bonchev–Trinajstić information content (AvgIpc) is 2.82. The molecule has 2 fully saturated rings. The largest absolute Gasteiger partial charge is 0.480 e. The van der Waals surface area contributed by atoms with Crippen LogP contribution in [0, 0.1) is 27.7 Å². The van der Waals surface area contributed by atoms with Crippen LogP contribution in [0.15, 0.2) is 0 Å². The van der Waals surface area contributed by atoms with E-state index in [0.29, 0.717) is 6.42 Å². The van der Waals surface area contributed by atoms with Crippen LogP contribution in [0.25, 0.3) is 0 Å². The number of nitrogens with two attached hydrogens (primary N) is 1. The van der Waals surface area contributed by atoms with E-state index in [0.717, 1.165) is 99.0 Å². The molecule has 1 unspecified atom stereocenters. The van der Waals surface area contributed by atoms with E-state index in [2.05, 4.69) is 15.1 Å². The molecule has 0 radical (unpaired) electrons. The summed E-state index contributed by atoms with van der Waals surface area (Å²) in [4.78, 5) is 18.0. The van der Waals surface area contributed by atoms with E-state index in [1.165, 1.54) is 0 Å². The van der Waals surface area contributed by atoms with Crippen LogP contribution in [0.1, 0.15) is 48.4 Å². The Bertz CT molecular complexity index is 755. The fraction of sp³-hybridized carbons (Fsp3) is 0.720. The molecule has 7 nitrogen and oxygen atoms in total. The van der Waals surface area contributed by atoms with Gasteiger partial charge in [-0.25, -0.2) is 0 Å². The second-order valence-corrected chi connectivity index (χ2v) is 9.34. The van der Waals surface area contributed by atoms with E-state index in [-0.39, 0.29) is 11.9 Å². The molecule has 1 atom stereocenters. The number of carbonyl (C=O) groups excluding carboxylic acids is 1. The first-order valence-electron chi connectivity index (χ1n) is 12.2. The van der Waals surface area contributed by atoms with Gasteiger partial charge in [0.2, 0.25) is 0 Å². The van der Waals surface area contributed by atoms with E-state index < -0.39 is 6.10 Å². The standard InChI is InChI=1S/C25H42N4O3/c1-6-22(32-24-19(4)17(2)23(26)18(3)20(24)5)25(30)27-21-7-9-28(10-8-21)11-12-29-13-15-31-16-14-29/h21-22H,6-16,26H2,1-5H3,(H,27,30). The highest BCUT2D eigenvalue weighted by molar-refractivity contribution is 5.81. The van der Waals surface area contributed by atoms with Crippen molar-refractivity contribution in [1.82, 2.24) is 15.1 Å².